The third kappa shape index (κ3) is 5.98. The maximum atomic E-state index is 11.3. The fourth-order valence-corrected chi connectivity index (χ4v) is 2.31. The molecule has 0 aromatic heterocycles. The molecule has 0 fully saturated rings. The van der Waals surface area contributed by atoms with Crippen molar-refractivity contribution in [2.45, 2.75) is 24.3 Å². The Morgan fingerprint density at radius 3 is 2.80 bits per heavy atom. The van der Waals surface area contributed by atoms with Crippen LogP contribution < -0.4 is 10.5 Å². The minimum Gasteiger partial charge on any atom is -0.394 e. The Kier molecular flexibility index (Phi) is 7.11. The van der Waals surface area contributed by atoms with E-state index in [2.05, 4.69) is 5.32 Å². The number of hydrogen-bond donors (Lipinski definition) is 3. The van der Waals surface area contributed by atoms with Crippen molar-refractivity contribution in [3.8, 4) is 0 Å². The number of nitrogens with two attached hydrogens (primary N) is 1. The number of hydrogen-bond acceptors (Lipinski definition) is 5. The van der Waals surface area contributed by atoms with E-state index in [1.807, 2.05) is 13.0 Å². The Bertz CT molecular complexity index is 505. The molecule has 0 aliphatic rings. The van der Waals surface area contributed by atoms with Gasteiger partial charge in [0.25, 0.3) is 0 Å². The van der Waals surface area contributed by atoms with Crippen molar-refractivity contribution in [2.24, 2.45) is 5.14 Å². The van der Waals surface area contributed by atoms with E-state index >= 15 is 0 Å². The fraction of sp³-hybridized carbons (Fsp3) is 0.538. The van der Waals surface area contributed by atoms with Crippen LogP contribution in [0, 0.1) is 0 Å². The minimum absolute atomic E-state index is 0.0227. The van der Waals surface area contributed by atoms with Crippen LogP contribution in [0.15, 0.2) is 29.2 Å². The lowest BCUT2D eigenvalue weighted by atomic mass is 10.1. The summed E-state index contributed by atoms with van der Waals surface area (Å²) in [7, 11) is -3.67. The van der Waals surface area contributed by atoms with Gasteiger partial charge in [-0.1, -0.05) is 12.1 Å². The van der Waals surface area contributed by atoms with Crippen LogP contribution in [0.25, 0.3) is 0 Å². The lowest BCUT2D eigenvalue weighted by Crippen LogP contribution is -2.21. The van der Waals surface area contributed by atoms with Crippen molar-refractivity contribution in [2.75, 3.05) is 26.4 Å². The monoisotopic (exact) mass is 302 g/mol. The molecule has 0 aliphatic heterocycles. The second-order valence-corrected chi connectivity index (χ2v) is 6.04. The second-order valence-electron chi connectivity index (χ2n) is 4.48. The van der Waals surface area contributed by atoms with Gasteiger partial charge in [-0.3, -0.25) is 0 Å². The predicted octanol–water partition coefficient (Wildman–Crippen LogP) is 0.384. The average Bonchev–Trinajstić information content (AvgIpc) is 2.41. The summed E-state index contributed by atoms with van der Waals surface area (Å²) in [6.07, 6.45) is 0.819. The molecule has 20 heavy (non-hydrogen) atoms. The molecule has 7 heteroatoms. The largest absolute Gasteiger partial charge is 0.394 e. The maximum Gasteiger partial charge on any atom is 0.238 e. The number of nitrogens with one attached hydrogen (secondary N) is 1. The Labute approximate surface area is 120 Å². The van der Waals surface area contributed by atoms with Crippen LogP contribution in [-0.4, -0.2) is 39.9 Å². The molecule has 0 bridgehead atoms. The normalized spacial score (nSPS) is 13.3. The van der Waals surface area contributed by atoms with Crippen LogP contribution in [0.2, 0.25) is 0 Å². The molecular weight excluding hydrogens is 280 g/mol. The third-order valence-corrected chi connectivity index (χ3v) is 3.75. The zero-order chi connectivity index (χ0) is 15.0. The summed E-state index contributed by atoms with van der Waals surface area (Å²) < 4.78 is 27.7. The van der Waals surface area contributed by atoms with Gasteiger partial charge in [-0.25, -0.2) is 13.6 Å². The summed E-state index contributed by atoms with van der Waals surface area (Å²) >= 11 is 0. The van der Waals surface area contributed by atoms with Gasteiger partial charge in [0.15, 0.2) is 0 Å². The van der Waals surface area contributed by atoms with Gasteiger partial charge in [-0.15, -0.1) is 0 Å². The van der Waals surface area contributed by atoms with E-state index in [4.69, 9.17) is 15.0 Å². The minimum atomic E-state index is -3.67. The van der Waals surface area contributed by atoms with Crippen molar-refractivity contribution in [3.63, 3.8) is 0 Å². The predicted molar refractivity (Wildman–Crippen MR) is 76.8 cm³/mol. The lowest BCUT2D eigenvalue weighted by Gasteiger charge is -2.15. The highest BCUT2D eigenvalue weighted by Gasteiger charge is 2.11. The SMILES string of the molecule is CC(NCCCOCCO)c1cccc(S(N)(=O)=O)c1. The number of ether oxygens (including phenoxy) is 1. The van der Waals surface area contributed by atoms with E-state index in [0.29, 0.717) is 13.2 Å². The quantitative estimate of drug-likeness (QED) is 0.573. The molecule has 1 aromatic rings. The Morgan fingerprint density at radius 2 is 2.15 bits per heavy atom. The molecule has 4 N–H and O–H groups in total. The average molecular weight is 302 g/mol. The molecule has 1 atom stereocenters. The summed E-state index contributed by atoms with van der Waals surface area (Å²) in [5, 5.41) is 16.9. The zero-order valence-corrected chi connectivity index (χ0v) is 12.4. The molecule has 0 saturated carbocycles. The van der Waals surface area contributed by atoms with Crippen molar-refractivity contribution in [1.29, 1.82) is 0 Å². The lowest BCUT2D eigenvalue weighted by molar-refractivity contribution is 0.0904. The molecular formula is C13H22N2O4S. The molecule has 1 unspecified atom stereocenters. The van der Waals surface area contributed by atoms with E-state index in [1.54, 1.807) is 12.1 Å². The van der Waals surface area contributed by atoms with Crippen LogP contribution in [0.3, 0.4) is 0 Å². The first-order valence-electron chi connectivity index (χ1n) is 6.50. The molecule has 0 amide bonds. The molecule has 0 aliphatic carbocycles. The highest BCUT2D eigenvalue weighted by Crippen LogP contribution is 2.16. The molecule has 0 saturated heterocycles. The first-order valence-corrected chi connectivity index (χ1v) is 8.04. The van der Waals surface area contributed by atoms with Gasteiger partial charge in [0.1, 0.15) is 0 Å². The van der Waals surface area contributed by atoms with E-state index in [1.165, 1.54) is 6.07 Å². The number of aliphatic hydroxyl groups is 1. The third-order valence-electron chi connectivity index (χ3n) is 2.84. The second kappa shape index (κ2) is 8.33. The number of benzene rings is 1. The molecule has 114 valence electrons. The topological polar surface area (TPSA) is 102 Å². The maximum absolute atomic E-state index is 11.3. The summed E-state index contributed by atoms with van der Waals surface area (Å²) in [6.45, 7) is 3.66. The Balaban J connectivity index is 2.45. The van der Waals surface area contributed by atoms with E-state index < -0.39 is 10.0 Å². The molecule has 1 rings (SSSR count). The van der Waals surface area contributed by atoms with Crippen LogP contribution in [0.1, 0.15) is 24.9 Å². The van der Waals surface area contributed by atoms with Gasteiger partial charge in [0.05, 0.1) is 18.1 Å². The van der Waals surface area contributed by atoms with Crippen molar-refractivity contribution in [1.82, 2.24) is 5.32 Å². The number of rotatable bonds is 9. The highest BCUT2D eigenvalue weighted by atomic mass is 32.2. The number of primary sulfonamides is 1. The Hall–Kier alpha value is -0.990. The van der Waals surface area contributed by atoms with Crippen LogP contribution in [0.4, 0.5) is 0 Å². The summed E-state index contributed by atoms with van der Waals surface area (Å²) in [6, 6.07) is 6.62. The van der Waals surface area contributed by atoms with Gasteiger partial charge < -0.3 is 15.2 Å². The number of sulfonamides is 1. The summed E-state index contributed by atoms with van der Waals surface area (Å²) in [4.78, 5) is 0.120. The van der Waals surface area contributed by atoms with Gasteiger partial charge >= 0.3 is 0 Å². The molecule has 0 radical (unpaired) electrons. The van der Waals surface area contributed by atoms with Crippen molar-refractivity contribution < 1.29 is 18.3 Å². The molecule has 0 spiro atoms. The van der Waals surface area contributed by atoms with E-state index in [0.717, 1.165) is 18.5 Å². The van der Waals surface area contributed by atoms with Crippen molar-refractivity contribution in [3.05, 3.63) is 29.8 Å². The molecule has 1 aromatic carbocycles. The molecule has 0 heterocycles. The zero-order valence-electron chi connectivity index (χ0n) is 11.6. The summed E-state index contributed by atoms with van der Waals surface area (Å²) in [5.41, 5.74) is 0.868. The van der Waals surface area contributed by atoms with E-state index in [-0.39, 0.29) is 17.5 Å². The Morgan fingerprint density at radius 1 is 1.40 bits per heavy atom. The van der Waals surface area contributed by atoms with Gasteiger partial charge in [-0.05, 0) is 37.6 Å². The first kappa shape index (κ1) is 17.1. The van der Waals surface area contributed by atoms with Gasteiger partial charge in [-0.2, -0.15) is 0 Å². The fourth-order valence-electron chi connectivity index (χ4n) is 1.74. The van der Waals surface area contributed by atoms with Gasteiger partial charge in [0.2, 0.25) is 10.0 Å². The standard InChI is InChI=1S/C13H22N2O4S/c1-11(15-6-3-8-19-9-7-16)12-4-2-5-13(10-12)20(14,17)18/h2,4-5,10-11,15-16H,3,6-9H2,1H3,(H2,14,17,18). The van der Waals surface area contributed by atoms with Crippen LogP contribution in [0.5, 0.6) is 0 Å². The summed E-state index contributed by atoms with van der Waals surface area (Å²) in [5.74, 6) is 0. The number of aliphatic hydroxyl groups excluding tert-OH is 1. The van der Waals surface area contributed by atoms with Crippen LogP contribution >= 0.6 is 0 Å². The highest BCUT2D eigenvalue weighted by molar-refractivity contribution is 7.89. The van der Waals surface area contributed by atoms with Crippen LogP contribution in [-0.2, 0) is 14.8 Å². The van der Waals surface area contributed by atoms with E-state index in [9.17, 15) is 8.42 Å². The van der Waals surface area contributed by atoms with Gasteiger partial charge in [0, 0.05) is 12.6 Å². The van der Waals surface area contributed by atoms with Crippen molar-refractivity contribution >= 4 is 10.0 Å². The molecule has 6 nitrogen and oxygen atoms in total. The smallest absolute Gasteiger partial charge is 0.238 e. The first-order chi connectivity index (χ1) is 9.45.